The lowest BCUT2D eigenvalue weighted by atomic mass is 10.2. The number of carbonyl (C=O) groups is 1. The molecule has 0 fully saturated rings. The van der Waals surface area contributed by atoms with Crippen LogP contribution in [0.4, 0.5) is 0 Å². The number of aldehydes is 1. The van der Waals surface area contributed by atoms with E-state index in [1.165, 1.54) is 6.20 Å². The molecule has 0 saturated carbocycles. The summed E-state index contributed by atoms with van der Waals surface area (Å²) in [6.07, 6.45) is 1.76. The highest BCUT2D eigenvalue weighted by Crippen LogP contribution is 2.14. The summed E-state index contributed by atoms with van der Waals surface area (Å²) in [4.78, 5) is 18.1. The van der Waals surface area contributed by atoms with E-state index in [1.807, 2.05) is 13.8 Å². The number of carbonyl (C=O) groups excluding carboxylic acids is 1. The predicted molar refractivity (Wildman–Crippen MR) is 43.2 cm³/mol. The van der Waals surface area contributed by atoms with Crippen molar-refractivity contribution >= 4 is 6.29 Å². The normalized spacial score (nSPS) is 10.2. The maximum absolute atomic E-state index is 10.4. The minimum atomic E-state index is -0.172. The number of rotatable bonds is 2. The summed E-state index contributed by atoms with van der Waals surface area (Å²) >= 11 is 0. The molecule has 12 heavy (non-hydrogen) atoms. The summed E-state index contributed by atoms with van der Waals surface area (Å²) in [5.41, 5.74) is 0.0497. The molecule has 1 heterocycles. The van der Waals surface area contributed by atoms with Gasteiger partial charge in [-0.1, -0.05) is 13.8 Å². The highest BCUT2D eigenvalue weighted by molar-refractivity contribution is 5.75. The lowest BCUT2D eigenvalue weighted by Crippen LogP contribution is -2.00. The first-order valence-corrected chi connectivity index (χ1v) is 3.66. The maximum Gasteiger partial charge on any atom is 0.172 e. The van der Waals surface area contributed by atoms with Crippen molar-refractivity contribution in [2.24, 2.45) is 0 Å². The average Bonchev–Trinajstić information content (AvgIpc) is 2.05. The fraction of sp³-hybridized carbons (Fsp3) is 0.375. The van der Waals surface area contributed by atoms with Gasteiger partial charge in [-0.15, -0.1) is 0 Å². The Bertz CT molecular complexity index is 297. The van der Waals surface area contributed by atoms with Crippen LogP contribution in [0.3, 0.4) is 0 Å². The fourth-order valence-electron chi connectivity index (χ4n) is 0.768. The lowest BCUT2D eigenvalue weighted by Gasteiger charge is -2.03. The summed E-state index contributed by atoms with van der Waals surface area (Å²) in [6, 6.07) is 0. The molecule has 0 radical (unpaired) electrons. The van der Waals surface area contributed by atoms with Crippen LogP contribution in [0.5, 0.6) is 5.75 Å². The molecule has 0 atom stereocenters. The smallest absolute Gasteiger partial charge is 0.172 e. The second-order valence-corrected chi connectivity index (χ2v) is 2.77. The molecular formula is C8H10N2O2. The fourth-order valence-corrected chi connectivity index (χ4v) is 0.768. The Balaban J connectivity index is 3.13. The molecule has 0 bridgehead atoms. The van der Waals surface area contributed by atoms with Crippen LogP contribution in [0.25, 0.3) is 0 Å². The molecule has 0 unspecified atom stereocenters. The zero-order valence-corrected chi connectivity index (χ0v) is 6.98. The Labute approximate surface area is 70.3 Å². The van der Waals surface area contributed by atoms with Gasteiger partial charge in [-0.25, -0.2) is 9.97 Å². The highest BCUT2D eigenvalue weighted by Gasteiger charge is 2.07. The van der Waals surface area contributed by atoms with Crippen LogP contribution in [0.2, 0.25) is 0 Å². The number of aromatic nitrogens is 2. The van der Waals surface area contributed by atoms with Crippen molar-refractivity contribution in [3.8, 4) is 5.75 Å². The largest absolute Gasteiger partial charge is 0.504 e. The van der Waals surface area contributed by atoms with Gasteiger partial charge >= 0.3 is 0 Å². The van der Waals surface area contributed by atoms with Gasteiger partial charge in [0, 0.05) is 5.92 Å². The Kier molecular flexibility index (Phi) is 2.38. The van der Waals surface area contributed by atoms with Crippen molar-refractivity contribution in [3.63, 3.8) is 0 Å². The van der Waals surface area contributed by atoms with Crippen molar-refractivity contribution < 1.29 is 9.90 Å². The van der Waals surface area contributed by atoms with E-state index >= 15 is 0 Å². The lowest BCUT2D eigenvalue weighted by molar-refractivity contribution is 0.111. The van der Waals surface area contributed by atoms with Gasteiger partial charge in [-0.05, 0) is 0 Å². The zero-order chi connectivity index (χ0) is 9.14. The molecule has 1 aromatic rings. The van der Waals surface area contributed by atoms with E-state index in [0.717, 1.165) is 0 Å². The summed E-state index contributed by atoms with van der Waals surface area (Å²) in [5, 5.41) is 9.06. The van der Waals surface area contributed by atoms with Gasteiger partial charge in [0.15, 0.2) is 12.0 Å². The van der Waals surface area contributed by atoms with Crippen molar-refractivity contribution in [3.05, 3.63) is 17.7 Å². The van der Waals surface area contributed by atoms with Crippen LogP contribution in [0.15, 0.2) is 6.20 Å². The van der Waals surface area contributed by atoms with Gasteiger partial charge in [0.1, 0.15) is 11.5 Å². The predicted octanol–water partition coefficient (Wildman–Crippen LogP) is 1.12. The molecule has 0 aromatic carbocycles. The third-order valence-corrected chi connectivity index (χ3v) is 1.44. The van der Waals surface area contributed by atoms with Crippen LogP contribution in [0, 0.1) is 0 Å². The van der Waals surface area contributed by atoms with Crippen molar-refractivity contribution in [2.75, 3.05) is 0 Å². The van der Waals surface area contributed by atoms with Gasteiger partial charge in [0.25, 0.3) is 0 Å². The van der Waals surface area contributed by atoms with Crippen molar-refractivity contribution in [2.45, 2.75) is 19.8 Å². The zero-order valence-electron chi connectivity index (χ0n) is 6.98. The Morgan fingerprint density at radius 3 is 2.75 bits per heavy atom. The van der Waals surface area contributed by atoms with E-state index in [-0.39, 0.29) is 17.4 Å². The molecule has 1 aromatic heterocycles. The van der Waals surface area contributed by atoms with Crippen LogP contribution in [-0.4, -0.2) is 21.4 Å². The van der Waals surface area contributed by atoms with E-state index in [0.29, 0.717) is 12.1 Å². The van der Waals surface area contributed by atoms with E-state index in [2.05, 4.69) is 9.97 Å². The minimum absolute atomic E-state index is 0.0497. The molecule has 0 aliphatic rings. The molecule has 1 rings (SSSR count). The molecule has 4 heteroatoms. The van der Waals surface area contributed by atoms with E-state index in [9.17, 15) is 4.79 Å². The molecule has 0 saturated heterocycles. The van der Waals surface area contributed by atoms with E-state index in [4.69, 9.17) is 5.11 Å². The summed E-state index contributed by atoms with van der Waals surface area (Å²) in [5.74, 6) is 0.550. The molecule has 0 aliphatic heterocycles. The number of hydrogen-bond donors (Lipinski definition) is 1. The van der Waals surface area contributed by atoms with Gasteiger partial charge in [0.2, 0.25) is 0 Å². The van der Waals surface area contributed by atoms with Crippen molar-refractivity contribution in [1.82, 2.24) is 9.97 Å². The first kappa shape index (κ1) is 8.64. The highest BCUT2D eigenvalue weighted by atomic mass is 16.3. The summed E-state index contributed by atoms with van der Waals surface area (Å²) < 4.78 is 0. The first-order valence-electron chi connectivity index (χ1n) is 3.66. The van der Waals surface area contributed by atoms with Gasteiger partial charge < -0.3 is 5.11 Å². The van der Waals surface area contributed by atoms with Crippen LogP contribution in [0.1, 0.15) is 36.1 Å². The number of aromatic hydroxyl groups is 1. The number of nitrogens with zero attached hydrogens (tertiary/aromatic N) is 2. The Morgan fingerprint density at radius 2 is 2.25 bits per heavy atom. The molecular weight excluding hydrogens is 156 g/mol. The monoisotopic (exact) mass is 166 g/mol. The molecule has 4 nitrogen and oxygen atoms in total. The summed E-state index contributed by atoms with van der Waals surface area (Å²) in [6.45, 7) is 3.84. The van der Waals surface area contributed by atoms with E-state index in [1.54, 1.807) is 0 Å². The minimum Gasteiger partial charge on any atom is -0.504 e. The Hall–Kier alpha value is -1.45. The average molecular weight is 166 g/mol. The molecule has 64 valence electrons. The van der Waals surface area contributed by atoms with Crippen LogP contribution < -0.4 is 0 Å². The maximum atomic E-state index is 10.4. The van der Waals surface area contributed by atoms with E-state index < -0.39 is 0 Å². The summed E-state index contributed by atoms with van der Waals surface area (Å²) in [7, 11) is 0. The molecule has 0 aliphatic carbocycles. The SMILES string of the molecule is CC(C)c1ncc(O)c(C=O)n1. The quantitative estimate of drug-likeness (QED) is 0.668. The molecule has 1 N–H and O–H groups in total. The molecule has 0 spiro atoms. The van der Waals surface area contributed by atoms with Crippen molar-refractivity contribution in [1.29, 1.82) is 0 Å². The van der Waals surface area contributed by atoms with Crippen LogP contribution >= 0.6 is 0 Å². The van der Waals surface area contributed by atoms with Gasteiger partial charge in [-0.2, -0.15) is 0 Å². The third kappa shape index (κ3) is 1.58. The second kappa shape index (κ2) is 3.30. The number of hydrogen-bond acceptors (Lipinski definition) is 4. The standard InChI is InChI=1S/C8H10N2O2/c1-5(2)8-9-3-7(12)6(4-11)10-8/h3-5,12H,1-2H3. The van der Waals surface area contributed by atoms with Gasteiger partial charge in [0.05, 0.1) is 6.20 Å². The second-order valence-electron chi connectivity index (χ2n) is 2.77. The Morgan fingerprint density at radius 1 is 1.58 bits per heavy atom. The van der Waals surface area contributed by atoms with Gasteiger partial charge in [-0.3, -0.25) is 4.79 Å². The third-order valence-electron chi connectivity index (χ3n) is 1.44. The first-order chi connectivity index (χ1) is 5.65. The molecule has 0 amide bonds. The topological polar surface area (TPSA) is 63.1 Å². The van der Waals surface area contributed by atoms with Crippen LogP contribution in [-0.2, 0) is 0 Å².